The van der Waals surface area contributed by atoms with Gasteiger partial charge in [-0.25, -0.2) is 4.98 Å². The molecule has 200 valence electrons. The van der Waals surface area contributed by atoms with Gasteiger partial charge in [-0.2, -0.15) is 9.97 Å². The molecule has 4 aromatic rings. The van der Waals surface area contributed by atoms with Crippen molar-refractivity contribution >= 4 is 53.3 Å². The van der Waals surface area contributed by atoms with Crippen LogP contribution < -0.4 is 15.5 Å². The van der Waals surface area contributed by atoms with Gasteiger partial charge in [0, 0.05) is 36.8 Å². The molecule has 2 aromatic heterocycles. The van der Waals surface area contributed by atoms with Crippen molar-refractivity contribution in [1.82, 2.24) is 24.4 Å². The largest absolute Gasteiger partial charge is 0.340 e. The van der Waals surface area contributed by atoms with E-state index in [0.717, 1.165) is 36.3 Å². The van der Waals surface area contributed by atoms with E-state index >= 15 is 0 Å². The maximum Gasteiger partial charge on any atom is 0.229 e. The van der Waals surface area contributed by atoms with Crippen molar-refractivity contribution in [2.75, 3.05) is 57.3 Å². The molecule has 0 bridgehead atoms. The number of anilines is 3. The third-order valence-electron chi connectivity index (χ3n) is 6.59. The predicted molar refractivity (Wildman–Crippen MR) is 162 cm³/mol. The molecule has 0 fully saturated rings. The molecule has 0 spiro atoms. The third kappa shape index (κ3) is 6.32. The van der Waals surface area contributed by atoms with Crippen LogP contribution in [-0.4, -0.2) is 71.5 Å². The Morgan fingerprint density at radius 1 is 1.00 bits per heavy atom. The zero-order valence-corrected chi connectivity index (χ0v) is 24.3. The van der Waals surface area contributed by atoms with Gasteiger partial charge >= 0.3 is 0 Å². The molecule has 38 heavy (non-hydrogen) atoms. The standard InChI is InChI=1S/C29H38N7OP/c1-8-35(19-18-34(4)5)29-32-27(31-23-12-14-24(15-13-23)38(6,7)37)26-28(33-29)36(20-30-26)17-16-25-21(2)10-9-11-22(25)3/h9-17,20H,8,18-19H2,1-7H3,(H,31,32,33)/b17-16+. The number of nitrogens with one attached hydrogen (secondary N) is 1. The second kappa shape index (κ2) is 11.5. The Kier molecular flexibility index (Phi) is 8.34. The summed E-state index contributed by atoms with van der Waals surface area (Å²) in [4.78, 5) is 18.9. The smallest absolute Gasteiger partial charge is 0.229 e. The first kappa shape index (κ1) is 27.6. The zero-order valence-electron chi connectivity index (χ0n) is 23.4. The van der Waals surface area contributed by atoms with Crippen LogP contribution in [0.2, 0.25) is 0 Å². The van der Waals surface area contributed by atoms with Gasteiger partial charge in [-0.1, -0.05) is 18.2 Å². The molecule has 0 radical (unpaired) electrons. The molecule has 8 nitrogen and oxygen atoms in total. The Morgan fingerprint density at radius 2 is 1.68 bits per heavy atom. The highest BCUT2D eigenvalue weighted by Gasteiger charge is 2.17. The number of aryl methyl sites for hydroxylation is 2. The second-order valence-electron chi connectivity index (χ2n) is 10.2. The molecule has 0 saturated heterocycles. The lowest BCUT2D eigenvalue weighted by Gasteiger charge is -2.23. The summed E-state index contributed by atoms with van der Waals surface area (Å²) in [5.74, 6) is 1.28. The lowest BCUT2D eigenvalue weighted by Crippen LogP contribution is -2.33. The topological polar surface area (TPSA) is 79.2 Å². The monoisotopic (exact) mass is 531 g/mol. The Hall–Kier alpha value is -3.48. The summed E-state index contributed by atoms with van der Waals surface area (Å²) < 4.78 is 14.4. The lowest BCUT2D eigenvalue weighted by atomic mass is 10.0. The molecule has 4 rings (SSSR count). The van der Waals surface area contributed by atoms with E-state index in [1.807, 2.05) is 35.0 Å². The van der Waals surface area contributed by atoms with Gasteiger partial charge in [0.25, 0.3) is 0 Å². The summed E-state index contributed by atoms with van der Waals surface area (Å²) in [6, 6.07) is 14.0. The average Bonchev–Trinajstić information content (AvgIpc) is 3.27. The van der Waals surface area contributed by atoms with Crippen molar-refractivity contribution in [2.24, 2.45) is 0 Å². The predicted octanol–water partition coefficient (Wildman–Crippen LogP) is 5.45. The first-order chi connectivity index (χ1) is 18.1. The van der Waals surface area contributed by atoms with Crippen LogP contribution in [0.1, 0.15) is 23.6 Å². The van der Waals surface area contributed by atoms with Gasteiger partial charge in [0.05, 0.1) is 0 Å². The van der Waals surface area contributed by atoms with E-state index in [-0.39, 0.29) is 0 Å². The van der Waals surface area contributed by atoms with Gasteiger partial charge in [0.15, 0.2) is 17.0 Å². The van der Waals surface area contributed by atoms with E-state index in [1.165, 1.54) is 16.7 Å². The van der Waals surface area contributed by atoms with Crippen LogP contribution in [0.3, 0.4) is 0 Å². The Morgan fingerprint density at radius 3 is 2.29 bits per heavy atom. The zero-order chi connectivity index (χ0) is 27.4. The van der Waals surface area contributed by atoms with E-state index in [2.05, 4.69) is 79.2 Å². The van der Waals surface area contributed by atoms with Crippen molar-refractivity contribution in [1.29, 1.82) is 0 Å². The van der Waals surface area contributed by atoms with Crippen LogP contribution in [0.15, 0.2) is 48.8 Å². The van der Waals surface area contributed by atoms with E-state index in [4.69, 9.17) is 9.97 Å². The van der Waals surface area contributed by atoms with E-state index in [9.17, 15) is 4.57 Å². The molecule has 0 saturated carbocycles. The van der Waals surface area contributed by atoms with Crippen LogP contribution in [0.5, 0.6) is 0 Å². The molecule has 0 aliphatic heterocycles. The summed E-state index contributed by atoms with van der Waals surface area (Å²) in [7, 11) is 1.80. The first-order valence-corrected chi connectivity index (χ1v) is 15.5. The number of benzene rings is 2. The minimum Gasteiger partial charge on any atom is -0.340 e. The average molecular weight is 532 g/mol. The van der Waals surface area contributed by atoms with Crippen molar-refractivity contribution in [2.45, 2.75) is 20.8 Å². The molecule has 1 N–H and O–H groups in total. The van der Waals surface area contributed by atoms with Crippen LogP contribution >= 0.6 is 7.14 Å². The number of likely N-dealkylation sites (N-methyl/N-ethyl adjacent to an activating group) is 2. The van der Waals surface area contributed by atoms with Crippen molar-refractivity contribution in [3.8, 4) is 0 Å². The maximum atomic E-state index is 12.5. The fourth-order valence-electron chi connectivity index (χ4n) is 4.25. The van der Waals surface area contributed by atoms with Gasteiger partial charge in [0.2, 0.25) is 5.95 Å². The van der Waals surface area contributed by atoms with E-state index in [0.29, 0.717) is 17.3 Å². The lowest BCUT2D eigenvalue weighted by molar-refractivity contribution is 0.413. The number of nitrogens with zero attached hydrogens (tertiary/aromatic N) is 6. The van der Waals surface area contributed by atoms with E-state index in [1.54, 1.807) is 19.7 Å². The van der Waals surface area contributed by atoms with Crippen LogP contribution in [0.4, 0.5) is 17.5 Å². The number of fused-ring (bicyclic) bond motifs is 1. The minimum absolute atomic E-state index is 0.636. The minimum atomic E-state index is -2.33. The molecular weight excluding hydrogens is 493 g/mol. The second-order valence-corrected chi connectivity index (χ2v) is 13.4. The molecule has 2 heterocycles. The number of hydrogen-bond donors (Lipinski definition) is 1. The molecule has 0 atom stereocenters. The van der Waals surface area contributed by atoms with Crippen molar-refractivity contribution in [3.63, 3.8) is 0 Å². The Bertz CT molecular complexity index is 1460. The number of rotatable bonds is 10. The van der Waals surface area contributed by atoms with Gasteiger partial charge in [-0.15, -0.1) is 0 Å². The van der Waals surface area contributed by atoms with Crippen molar-refractivity contribution < 1.29 is 4.57 Å². The highest BCUT2D eigenvalue weighted by atomic mass is 31.2. The molecule has 0 amide bonds. The Balaban J connectivity index is 1.78. The highest BCUT2D eigenvalue weighted by Crippen LogP contribution is 2.35. The normalized spacial score (nSPS) is 12.1. The molecule has 0 unspecified atom stereocenters. The molecule has 0 aliphatic rings. The number of hydrogen-bond acceptors (Lipinski definition) is 7. The summed E-state index contributed by atoms with van der Waals surface area (Å²) in [5.41, 5.74) is 5.89. The van der Waals surface area contributed by atoms with Crippen LogP contribution in [0, 0.1) is 13.8 Å². The number of imidazole rings is 1. The fourth-order valence-corrected chi connectivity index (χ4v) is 5.12. The van der Waals surface area contributed by atoms with Gasteiger partial charge < -0.3 is 19.7 Å². The maximum absolute atomic E-state index is 12.5. The fraction of sp³-hybridized carbons (Fsp3) is 0.345. The molecule has 2 aromatic carbocycles. The third-order valence-corrected chi connectivity index (χ3v) is 8.13. The Labute approximate surface area is 225 Å². The summed E-state index contributed by atoms with van der Waals surface area (Å²) in [6.07, 6.45) is 5.90. The highest BCUT2D eigenvalue weighted by molar-refractivity contribution is 7.70. The van der Waals surface area contributed by atoms with Crippen LogP contribution in [-0.2, 0) is 4.57 Å². The van der Waals surface area contributed by atoms with Crippen LogP contribution in [0.25, 0.3) is 23.4 Å². The molecule has 9 heteroatoms. The van der Waals surface area contributed by atoms with Gasteiger partial charge in [0.1, 0.15) is 13.5 Å². The van der Waals surface area contributed by atoms with Gasteiger partial charge in [-0.3, -0.25) is 4.57 Å². The summed E-state index contributed by atoms with van der Waals surface area (Å²) in [6.45, 7) is 12.4. The van der Waals surface area contributed by atoms with Gasteiger partial charge in [-0.05, 0) is 95.2 Å². The van der Waals surface area contributed by atoms with Crippen molar-refractivity contribution in [3.05, 3.63) is 65.5 Å². The summed E-state index contributed by atoms with van der Waals surface area (Å²) in [5, 5.41) is 4.28. The molecule has 0 aliphatic carbocycles. The SMILES string of the molecule is CCN(CCN(C)C)c1nc(Nc2ccc(P(C)(C)=O)cc2)c2ncn(/C=C/c3c(C)cccc3C)c2n1. The first-order valence-electron chi connectivity index (χ1n) is 12.9. The molecular formula is C29H38N7OP. The summed E-state index contributed by atoms with van der Waals surface area (Å²) >= 11 is 0. The number of aromatic nitrogens is 4. The quantitative estimate of drug-likeness (QED) is 0.273. The van der Waals surface area contributed by atoms with E-state index < -0.39 is 7.14 Å².